The number of aryl methyl sites for hydroxylation is 1. The lowest BCUT2D eigenvalue weighted by molar-refractivity contribution is 0.0601. The van der Waals surface area contributed by atoms with E-state index in [1.807, 2.05) is 0 Å². The number of ether oxygens (including phenoxy) is 1. The van der Waals surface area contributed by atoms with E-state index in [2.05, 4.69) is 26.2 Å². The number of aromatic nitrogens is 1. The van der Waals surface area contributed by atoms with E-state index in [4.69, 9.17) is 4.74 Å². The Morgan fingerprint density at radius 3 is 2.83 bits per heavy atom. The van der Waals surface area contributed by atoms with Crippen molar-refractivity contribution in [1.29, 1.82) is 0 Å². The lowest BCUT2D eigenvalue weighted by Crippen LogP contribution is -2.15. The standard InChI is InChI=1S/C16H15BrN2O3S/c1-22-16(21)13-11-4-2-3-5-12(11)23-15(13)19-14(20)9-6-10(17)8-18-7-9/h6-8H,2-5H2,1H3,(H,19,20). The molecule has 2 aromatic rings. The van der Waals surface area contributed by atoms with Gasteiger partial charge in [0.05, 0.1) is 18.2 Å². The van der Waals surface area contributed by atoms with E-state index in [9.17, 15) is 9.59 Å². The summed E-state index contributed by atoms with van der Waals surface area (Å²) in [6.07, 6.45) is 7.06. The summed E-state index contributed by atoms with van der Waals surface area (Å²) in [6, 6.07) is 1.69. The second-order valence-electron chi connectivity index (χ2n) is 5.25. The molecule has 0 aliphatic heterocycles. The molecule has 120 valence electrons. The molecular weight excluding hydrogens is 380 g/mol. The Balaban J connectivity index is 1.94. The molecule has 0 unspecified atom stereocenters. The van der Waals surface area contributed by atoms with Crippen LogP contribution in [0.15, 0.2) is 22.9 Å². The van der Waals surface area contributed by atoms with Crippen LogP contribution in [0.5, 0.6) is 0 Å². The number of nitrogens with zero attached hydrogens (tertiary/aromatic N) is 1. The maximum absolute atomic E-state index is 12.4. The minimum atomic E-state index is -0.396. The number of carbonyl (C=O) groups excluding carboxylic acids is 2. The van der Waals surface area contributed by atoms with Crippen molar-refractivity contribution in [3.05, 3.63) is 44.5 Å². The zero-order valence-electron chi connectivity index (χ0n) is 12.5. The molecule has 1 amide bonds. The molecule has 1 N–H and O–H groups in total. The molecule has 2 heterocycles. The average Bonchev–Trinajstić information content (AvgIpc) is 2.92. The van der Waals surface area contributed by atoms with Gasteiger partial charge in [0.15, 0.2) is 0 Å². The highest BCUT2D eigenvalue weighted by atomic mass is 79.9. The number of thiophene rings is 1. The van der Waals surface area contributed by atoms with Crippen molar-refractivity contribution in [3.8, 4) is 0 Å². The zero-order chi connectivity index (χ0) is 16.4. The summed E-state index contributed by atoms with van der Waals surface area (Å²) in [5, 5.41) is 3.41. The van der Waals surface area contributed by atoms with Crippen molar-refractivity contribution < 1.29 is 14.3 Å². The summed E-state index contributed by atoms with van der Waals surface area (Å²) >= 11 is 4.77. The fraction of sp³-hybridized carbons (Fsp3) is 0.312. The second kappa shape index (κ2) is 6.80. The molecule has 0 radical (unpaired) electrons. The van der Waals surface area contributed by atoms with Gasteiger partial charge in [-0.3, -0.25) is 9.78 Å². The first-order chi connectivity index (χ1) is 11.1. The van der Waals surface area contributed by atoms with Crippen molar-refractivity contribution in [2.45, 2.75) is 25.7 Å². The summed E-state index contributed by atoms with van der Waals surface area (Å²) < 4.78 is 5.63. The molecule has 0 fully saturated rings. The van der Waals surface area contributed by atoms with Gasteiger partial charge in [-0.25, -0.2) is 4.79 Å². The molecule has 3 rings (SSSR count). The van der Waals surface area contributed by atoms with E-state index in [-0.39, 0.29) is 5.91 Å². The predicted molar refractivity (Wildman–Crippen MR) is 92.2 cm³/mol. The van der Waals surface area contributed by atoms with Gasteiger partial charge in [0, 0.05) is 21.7 Å². The summed E-state index contributed by atoms with van der Waals surface area (Å²) in [6.45, 7) is 0. The molecular formula is C16H15BrN2O3S. The topological polar surface area (TPSA) is 68.3 Å². The fourth-order valence-electron chi connectivity index (χ4n) is 2.68. The van der Waals surface area contributed by atoms with Crippen LogP contribution in [0.4, 0.5) is 5.00 Å². The van der Waals surface area contributed by atoms with Gasteiger partial charge in [0.2, 0.25) is 0 Å². The van der Waals surface area contributed by atoms with E-state index in [1.165, 1.54) is 29.5 Å². The average molecular weight is 395 g/mol. The molecule has 1 aliphatic rings. The minimum absolute atomic E-state index is 0.289. The third kappa shape index (κ3) is 3.30. The Bertz CT molecular complexity index is 773. The van der Waals surface area contributed by atoms with Crippen LogP contribution in [0, 0.1) is 0 Å². The number of fused-ring (bicyclic) bond motifs is 1. The smallest absolute Gasteiger partial charge is 0.341 e. The van der Waals surface area contributed by atoms with E-state index >= 15 is 0 Å². The number of amides is 1. The maximum Gasteiger partial charge on any atom is 0.341 e. The number of carbonyl (C=O) groups is 2. The molecule has 0 bridgehead atoms. The number of methoxy groups -OCH3 is 1. The largest absolute Gasteiger partial charge is 0.465 e. The molecule has 23 heavy (non-hydrogen) atoms. The number of halogens is 1. The van der Waals surface area contributed by atoms with Crippen LogP contribution in [-0.4, -0.2) is 24.0 Å². The number of pyridine rings is 1. The molecule has 1 aliphatic carbocycles. The van der Waals surface area contributed by atoms with Gasteiger partial charge >= 0.3 is 5.97 Å². The van der Waals surface area contributed by atoms with Crippen LogP contribution in [0.3, 0.4) is 0 Å². The van der Waals surface area contributed by atoms with Crippen molar-refractivity contribution in [2.75, 3.05) is 12.4 Å². The van der Waals surface area contributed by atoms with Gasteiger partial charge in [0.25, 0.3) is 5.91 Å². The summed E-state index contributed by atoms with van der Waals surface area (Å²) in [7, 11) is 1.36. The predicted octanol–water partition coefficient (Wildman–Crippen LogP) is 3.82. The first kappa shape index (κ1) is 16.1. The highest BCUT2D eigenvalue weighted by Gasteiger charge is 2.27. The van der Waals surface area contributed by atoms with Crippen LogP contribution in [0.25, 0.3) is 0 Å². The summed E-state index contributed by atoms with van der Waals surface area (Å²) in [4.78, 5) is 29.7. The molecule has 5 nitrogen and oxygen atoms in total. The molecule has 0 spiro atoms. The molecule has 0 aromatic carbocycles. The first-order valence-electron chi connectivity index (χ1n) is 7.25. The van der Waals surface area contributed by atoms with Gasteiger partial charge in [-0.15, -0.1) is 11.3 Å². The zero-order valence-corrected chi connectivity index (χ0v) is 14.9. The van der Waals surface area contributed by atoms with Crippen LogP contribution in [0.1, 0.15) is 44.0 Å². The number of anilines is 1. The van der Waals surface area contributed by atoms with Gasteiger partial charge in [0.1, 0.15) is 5.00 Å². The molecule has 2 aromatic heterocycles. The van der Waals surface area contributed by atoms with Crippen molar-refractivity contribution in [2.24, 2.45) is 0 Å². The highest BCUT2D eigenvalue weighted by Crippen LogP contribution is 2.38. The van der Waals surface area contributed by atoms with Gasteiger partial charge in [-0.2, -0.15) is 0 Å². The van der Waals surface area contributed by atoms with Gasteiger partial charge in [-0.1, -0.05) is 0 Å². The van der Waals surface area contributed by atoms with E-state index in [1.54, 1.807) is 12.3 Å². The van der Waals surface area contributed by atoms with E-state index in [0.29, 0.717) is 16.1 Å². The maximum atomic E-state index is 12.4. The van der Waals surface area contributed by atoms with Gasteiger partial charge < -0.3 is 10.1 Å². The van der Waals surface area contributed by atoms with Crippen molar-refractivity contribution >= 4 is 44.1 Å². The van der Waals surface area contributed by atoms with Crippen molar-refractivity contribution in [1.82, 2.24) is 4.98 Å². The van der Waals surface area contributed by atoms with Gasteiger partial charge in [-0.05, 0) is 53.2 Å². The number of hydrogen-bond donors (Lipinski definition) is 1. The Kier molecular flexibility index (Phi) is 4.77. The van der Waals surface area contributed by atoms with Crippen LogP contribution in [-0.2, 0) is 17.6 Å². The quantitative estimate of drug-likeness (QED) is 0.803. The summed E-state index contributed by atoms with van der Waals surface area (Å²) in [5.41, 5.74) is 1.96. The normalized spacial score (nSPS) is 13.3. The second-order valence-corrected chi connectivity index (χ2v) is 7.27. The SMILES string of the molecule is COC(=O)c1c(NC(=O)c2cncc(Br)c2)sc2c1CCCC2. The Morgan fingerprint density at radius 1 is 1.30 bits per heavy atom. The number of rotatable bonds is 3. The summed E-state index contributed by atoms with van der Waals surface area (Å²) in [5.74, 6) is -0.686. The monoisotopic (exact) mass is 394 g/mol. The Morgan fingerprint density at radius 2 is 2.09 bits per heavy atom. The Labute approximate surface area is 146 Å². The molecule has 7 heteroatoms. The number of nitrogens with one attached hydrogen (secondary N) is 1. The first-order valence-corrected chi connectivity index (χ1v) is 8.86. The molecule has 0 atom stereocenters. The lowest BCUT2D eigenvalue weighted by atomic mass is 9.95. The third-order valence-electron chi connectivity index (χ3n) is 3.75. The third-order valence-corrected chi connectivity index (χ3v) is 5.40. The number of hydrogen-bond acceptors (Lipinski definition) is 5. The van der Waals surface area contributed by atoms with Crippen LogP contribution in [0.2, 0.25) is 0 Å². The van der Waals surface area contributed by atoms with Crippen molar-refractivity contribution in [3.63, 3.8) is 0 Å². The minimum Gasteiger partial charge on any atom is -0.465 e. The molecule has 0 saturated carbocycles. The Hall–Kier alpha value is -1.73. The van der Waals surface area contributed by atoms with E-state index in [0.717, 1.165) is 35.7 Å². The van der Waals surface area contributed by atoms with Crippen LogP contribution < -0.4 is 5.32 Å². The fourth-order valence-corrected chi connectivity index (χ4v) is 4.32. The van der Waals surface area contributed by atoms with Crippen LogP contribution >= 0.6 is 27.3 Å². The lowest BCUT2D eigenvalue weighted by Gasteiger charge is -2.11. The highest BCUT2D eigenvalue weighted by molar-refractivity contribution is 9.10. The van der Waals surface area contributed by atoms with E-state index < -0.39 is 5.97 Å². The number of esters is 1. The molecule has 0 saturated heterocycles.